The third-order valence-electron chi connectivity index (χ3n) is 5.03. The number of methoxy groups -OCH3 is 1. The van der Waals surface area contributed by atoms with Gasteiger partial charge in [0.25, 0.3) is 0 Å². The van der Waals surface area contributed by atoms with Gasteiger partial charge in [-0.25, -0.2) is 4.98 Å². The highest BCUT2D eigenvalue weighted by Crippen LogP contribution is 2.24. The zero-order valence-electron chi connectivity index (χ0n) is 15.0. The Hall–Kier alpha value is -2.66. The first-order valence-electron chi connectivity index (χ1n) is 9.06. The number of rotatable bonds is 5. The van der Waals surface area contributed by atoms with Gasteiger partial charge in [0, 0.05) is 37.0 Å². The van der Waals surface area contributed by atoms with E-state index in [4.69, 9.17) is 4.74 Å². The number of benzene rings is 1. The number of ketones is 1. The number of aromatic nitrogens is 2. The van der Waals surface area contributed by atoms with Gasteiger partial charge in [-0.05, 0) is 43.7 Å². The number of carbonyl (C=O) groups is 1. The molecule has 2 aromatic heterocycles. The van der Waals surface area contributed by atoms with Crippen LogP contribution in [0.2, 0.25) is 0 Å². The Morgan fingerprint density at radius 1 is 1.27 bits per heavy atom. The van der Waals surface area contributed by atoms with Crippen LogP contribution >= 0.6 is 0 Å². The number of fused-ring (bicyclic) bond motifs is 1. The molecule has 0 N–H and O–H groups in total. The van der Waals surface area contributed by atoms with Gasteiger partial charge in [0.1, 0.15) is 11.4 Å². The molecule has 0 spiro atoms. The summed E-state index contributed by atoms with van der Waals surface area (Å²) in [7, 11) is 1.63. The lowest BCUT2D eigenvalue weighted by molar-refractivity contribution is 0.0810. The number of pyridine rings is 1. The fraction of sp³-hybridized carbons (Fsp3) is 0.333. The SMILES string of the molecule is COc1cccc(C(=O)C2CCCN(Cc3cn4ccccc4n3)C2)c1. The molecule has 1 atom stereocenters. The summed E-state index contributed by atoms with van der Waals surface area (Å²) in [6, 6.07) is 13.5. The summed E-state index contributed by atoms with van der Waals surface area (Å²) in [6.07, 6.45) is 6.06. The third-order valence-corrected chi connectivity index (χ3v) is 5.03. The third kappa shape index (κ3) is 3.48. The van der Waals surface area contributed by atoms with Crippen LogP contribution in [0.1, 0.15) is 28.9 Å². The Kier molecular flexibility index (Phi) is 4.71. The van der Waals surface area contributed by atoms with Crippen LogP contribution in [0.25, 0.3) is 5.65 Å². The quantitative estimate of drug-likeness (QED) is 0.662. The number of hydrogen-bond acceptors (Lipinski definition) is 4. The van der Waals surface area contributed by atoms with Crippen LogP contribution in [0, 0.1) is 5.92 Å². The fourth-order valence-electron chi connectivity index (χ4n) is 3.72. The lowest BCUT2D eigenvalue weighted by Gasteiger charge is -2.31. The van der Waals surface area contributed by atoms with E-state index in [9.17, 15) is 4.79 Å². The minimum Gasteiger partial charge on any atom is -0.497 e. The van der Waals surface area contributed by atoms with E-state index < -0.39 is 0 Å². The van der Waals surface area contributed by atoms with Crippen molar-refractivity contribution in [2.24, 2.45) is 5.92 Å². The molecule has 1 fully saturated rings. The summed E-state index contributed by atoms with van der Waals surface area (Å²) in [6.45, 7) is 2.57. The van der Waals surface area contributed by atoms with Crippen molar-refractivity contribution in [3.05, 3.63) is 66.1 Å². The van der Waals surface area contributed by atoms with Crippen molar-refractivity contribution in [1.82, 2.24) is 14.3 Å². The van der Waals surface area contributed by atoms with Crippen molar-refractivity contribution in [2.45, 2.75) is 19.4 Å². The largest absolute Gasteiger partial charge is 0.497 e. The smallest absolute Gasteiger partial charge is 0.167 e. The monoisotopic (exact) mass is 349 g/mol. The van der Waals surface area contributed by atoms with Crippen molar-refractivity contribution < 1.29 is 9.53 Å². The van der Waals surface area contributed by atoms with Crippen LogP contribution < -0.4 is 4.74 Å². The van der Waals surface area contributed by atoms with Crippen molar-refractivity contribution >= 4 is 11.4 Å². The molecule has 1 aliphatic rings. The zero-order valence-corrected chi connectivity index (χ0v) is 15.0. The van der Waals surface area contributed by atoms with Gasteiger partial charge in [-0.2, -0.15) is 0 Å². The first-order chi connectivity index (χ1) is 12.7. The van der Waals surface area contributed by atoms with Gasteiger partial charge < -0.3 is 9.14 Å². The molecule has 0 aliphatic carbocycles. The number of Topliss-reactive ketones (excluding diaryl/α,β-unsaturated/α-hetero) is 1. The number of nitrogens with zero attached hydrogens (tertiary/aromatic N) is 3. The second-order valence-corrected chi connectivity index (χ2v) is 6.87. The molecule has 0 radical (unpaired) electrons. The van der Waals surface area contributed by atoms with Crippen LogP contribution in [0.3, 0.4) is 0 Å². The van der Waals surface area contributed by atoms with Crippen molar-refractivity contribution in [3.63, 3.8) is 0 Å². The number of likely N-dealkylation sites (tertiary alicyclic amines) is 1. The van der Waals surface area contributed by atoms with E-state index in [1.54, 1.807) is 7.11 Å². The van der Waals surface area contributed by atoms with E-state index in [0.29, 0.717) is 0 Å². The number of piperidine rings is 1. The van der Waals surface area contributed by atoms with Gasteiger partial charge in [0.2, 0.25) is 0 Å². The van der Waals surface area contributed by atoms with Gasteiger partial charge in [-0.1, -0.05) is 18.2 Å². The first-order valence-corrected chi connectivity index (χ1v) is 9.06. The fourth-order valence-corrected chi connectivity index (χ4v) is 3.72. The minimum atomic E-state index is 0.0351. The summed E-state index contributed by atoms with van der Waals surface area (Å²) >= 11 is 0. The predicted molar refractivity (Wildman–Crippen MR) is 101 cm³/mol. The van der Waals surface area contributed by atoms with E-state index in [2.05, 4.69) is 16.1 Å². The summed E-state index contributed by atoms with van der Waals surface area (Å²) in [5.41, 5.74) is 2.75. The molecule has 5 nitrogen and oxygen atoms in total. The molecule has 3 aromatic rings. The van der Waals surface area contributed by atoms with E-state index >= 15 is 0 Å². The predicted octanol–water partition coefficient (Wildman–Crippen LogP) is 3.44. The lowest BCUT2D eigenvalue weighted by atomic mass is 9.90. The van der Waals surface area contributed by atoms with E-state index in [0.717, 1.165) is 55.1 Å². The highest BCUT2D eigenvalue weighted by atomic mass is 16.5. The average Bonchev–Trinajstić information content (AvgIpc) is 3.10. The second kappa shape index (κ2) is 7.30. The molecular weight excluding hydrogens is 326 g/mol. The molecule has 4 rings (SSSR count). The van der Waals surface area contributed by atoms with E-state index in [1.165, 1.54) is 0 Å². The second-order valence-electron chi connectivity index (χ2n) is 6.87. The topological polar surface area (TPSA) is 46.8 Å². The number of imidazole rings is 1. The van der Waals surface area contributed by atoms with Gasteiger partial charge in [0.05, 0.1) is 12.8 Å². The molecule has 5 heteroatoms. The Morgan fingerprint density at radius 3 is 3.04 bits per heavy atom. The molecule has 1 aliphatic heterocycles. The van der Waals surface area contributed by atoms with Crippen molar-refractivity contribution in [1.29, 1.82) is 0 Å². The first kappa shape index (κ1) is 16.8. The van der Waals surface area contributed by atoms with E-state index in [-0.39, 0.29) is 11.7 Å². The highest BCUT2D eigenvalue weighted by molar-refractivity contribution is 5.98. The van der Waals surface area contributed by atoms with Gasteiger partial charge in [-0.3, -0.25) is 9.69 Å². The van der Waals surface area contributed by atoms with Gasteiger partial charge >= 0.3 is 0 Å². The summed E-state index contributed by atoms with van der Waals surface area (Å²) < 4.78 is 7.29. The summed E-state index contributed by atoms with van der Waals surface area (Å²) in [5.74, 6) is 0.977. The molecule has 26 heavy (non-hydrogen) atoms. The van der Waals surface area contributed by atoms with Crippen LogP contribution in [-0.2, 0) is 6.54 Å². The Balaban J connectivity index is 1.45. The normalized spacial score (nSPS) is 18.1. The molecule has 0 saturated carbocycles. The van der Waals surface area contributed by atoms with Crippen LogP contribution in [-0.4, -0.2) is 40.3 Å². The maximum absolute atomic E-state index is 12.9. The lowest BCUT2D eigenvalue weighted by Crippen LogP contribution is -2.38. The molecule has 0 bridgehead atoms. The van der Waals surface area contributed by atoms with Gasteiger partial charge in [0.15, 0.2) is 5.78 Å². The molecule has 134 valence electrons. The summed E-state index contributed by atoms with van der Waals surface area (Å²) in [4.78, 5) is 19.9. The average molecular weight is 349 g/mol. The molecule has 0 amide bonds. The van der Waals surface area contributed by atoms with Crippen LogP contribution in [0.4, 0.5) is 0 Å². The molecular formula is C21H23N3O2. The Bertz CT molecular complexity index is 885. The molecule has 1 unspecified atom stereocenters. The van der Waals surface area contributed by atoms with Crippen molar-refractivity contribution in [3.8, 4) is 5.75 Å². The zero-order chi connectivity index (χ0) is 17.9. The summed E-state index contributed by atoms with van der Waals surface area (Å²) in [5, 5.41) is 0. The maximum Gasteiger partial charge on any atom is 0.167 e. The maximum atomic E-state index is 12.9. The minimum absolute atomic E-state index is 0.0351. The molecule has 1 saturated heterocycles. The highest BCUT2D eigenvalue weighted by Gasteiger charge is 2.27. The number of ether oxygens (including phenoxy) is 1. The van der Waals surface area contributed by atoms with Gasteiger partial charge in [-0.15, -0.1) is 0 Å². The van der Waals surface area contributed by atoms with E-state index in [1.807, 2.05) is 53.1 Å². The Labute approximate surface area is 153 Å². The number of hydrogen-bond donors (Lipinski definition) is 0. The number of carbonyl (C=O) groups excluding carboxylic acids is 1. The molecule has 3 heterocycles. The van der Waals surface area contributed by atoms with Crippen molar-refractivity contribution in [2.75, 3.05) is 20.2 Å². The Morgan fingerprint density at radius 2 is 2.19 bits per heavy atom. The standard InChI is InChI=1S/C21H23N3O2/c1-26-19-8-4-6-16(12-19)21(25)17-7-5-10-23(13-17)14-18-15-24-11-3-2-9-20(24)22-18/h2-4,6,8-9,11-12,15,17H,5,7,10,13-14H2,1H3. The van der Waals surface area contributed by atoms with Crippen LogP contribution in [0.5, 0.6) is 5.75 Å². The molecule has 1 aromatic carbocycles. The van der Waals surface area contributed by atoms with Crippen LogP contribution in [0.15, 0.2) is 54.9 Å².